The molecule has 1 aromatic heterocycles. The number of anilines is 4. The van der Waals surface area contributed by atoms with Crippen molar-refractivity contribution in [3.63, 3.8) is 0 Å². The summed E-state index contributed by atoms with van der Waals surface area (Å²) in [7, 11) is 0. The Kier molecular flexibility index (Phi) is 6.68. The van der Waals surface area contributed by atoms with Gasteiger partial charge in [-0.3, -0.25) is 0 Å². The third-order valence-electron chi connectivity index (χ3n) is 9.45. The van der Waals surface area contributed by atoms with Crippen molar-refractivity contribution in [2.75, 3.05) is 16.5 Å². The fourth-order valence-corrected chi connectivity index (χ4v) is 18.1. The number of nitrogens with zero attached hydrogens (tertiary/aromatic N) is 3. The topological polar surface area (TPSA) is 28.6 Å². The van der Waals surface area contributed by atoms with Gasteiger partial charge in [0, 0.05) is 0 Å². The van der Waals surface area contributed by atoms with E-state index in [0.29, 0.717) is 0 Å². The van der Waals surface area contributed by atoms with E-state index in [0.717, 1.165) is 29.5 Å². The number of pyridine rings is 1. The molecule has 0 bridgehead atoms. The molecule has 0 N–H and O–H groups in total. The van der Waals surface area contributed by atoms with Crippen LogP contribution in [-0.2, 0) is 0 Å². The Balaban J connectivity index is 1.10. The van der Waals surface area contributed by atoms with Crippen LogP contribution in [0.2, 0.25) is 0 Å². The van der Waals surface area contributed by atoms with Crippen LogP contribution in [0.4, 0.5) is 22.7 Å². The van der Waals surface area contributed by atoms with Crippen molar-refractivity contribution in [2.45, 2.75) is 0 Å². The molecule has 0 fully saturated rings. The van der Waals surface area contributed by atoms with Crippen LogP contribution < -0.4 is 32.1 Å². The number of hydrogen-bond acceptors (Lipinski definition) is 4. The summed E-state index contributed by atoms with van der Waals surface area (Å²) in [5, 5.41) is 0. The fourth-order valence-electron chi connectivity index (χ4n) is 7.46. The summed E-state index contributed by atoms with van der Waals surface area (Å²) in [5.74, 6) is 1.61. The van der Waals surface area contributed by atoms with Crippen LogP contribution in [0.3, 0.4) is 0 Å². The first-order chi connectivity index (χ1) is 23.3. The number of benzene rings is 6. The minimum Gasteiger partial charge on any atom is -0.0602 e. The summed E-state index contributed by atoms with van der Waals surface area (Å²) in [5.41, 5.74) is 6.88. The summed E-state index contributed by atoms with van der Waals surface area (Å²) in [6, 6.07) is 60.7. The molecule has 7 aromatic rings. The summed E-state index contributed by atoms with van der Waals surface area (Å²) >= 11 is -3.30. The van der Waals surface area contributed by atoms with Gasteiger partial charge in [-0.1, -0.05) is 24.3 Å². The average molecular weight is 666 g/mol. The Morgan fingerprint density at radius 2 is 1.09 bits per heavy atom. The van der Waals surface area contributed by atoms with E-state index in [1.54, 1.807) is 0 Å². The second kappa shape index (κ2) is 11.3. The maximum absolute atomic E-state index is 6.65. The molecule has 9 rings (SSSR count). The first kappa shape index (κ1) is 27.7. The van der Waals surface area contributed by atoms with E-state index in [2.05, 4.69) is 174 Å². The molecule has 0 unspecified atom stereocenters. The van der Waals surface area contributed by atoms with Crippen LogP contribution in [0, 0.1) is 0 Å². The van der Waals surface area contributed by atoms with E-state index in [9.17, 15) is 0 Å². The third kappa shape index (κ3) is 4.48. The second-order valence-electron chi connectivity index (χ2n) is 12.0. The molecule has 224 valence electrons. The van der Waals surface area contributed by atoms with Crippen LogP contribution in [0.25, 0.3) is 11.3 Å². The van der Waals surface area contributed by atoms with E-state index in [1.165, 1.54) is 40.2 Å². The fraction of sp³-hybridized carbons (Fsp3) is 0.0238. The van der Waals surface area contributed by atoms with Crippen molar-refractivity contribution in [1.29, 1.82) is 0 Å². The number of hydrogen-bond donors (Lipinski definition) is 0. The molecule has 0 atom stereocenters. The van der Waals surface area contributed by atoms with E-state index < -0.39 is 13.3 Å². The molecule has 0 amide bonds. The van der Waals surface area contributed by atoms with E-state index in [-0.39, 0.29) is 0 Å². The van der Waals surface area contributed by atoms with Crippen LogP contribution in [0.1, 0.15) is 0 Å². The van der Waals surface area contributed by atoms with Gasteiger partial charge in [0.1, 0.15) is 0 Å². The molecule has 0 saturated heterocycles. The smallest absolute Gasteiger partial charge is 0.0383 e. The third-order valence-corrected chi connectivity index (χ3v) is 19.6. The summed E-state index contributed by atoms with van der Waals surface area (Å²) < 4.78 is 12.2. The van der Waals surface area contributed by atoms with Crippen molar-refractivity contribution in [2.24, 2.45) is 0 Å². The number of aromatic nitrogens is 1. The monoisotopic (exact) mass is 667 g/mol. The van der Waals surface area contributed by atoms with Crippen LogP contribution >= 0.6 is 0 Å². The number of ether oxygens (including phenoxy) is 1. The molecule has 47 heavy (non-hydrogen) atoms. The molecule has 0 spiro atoms. The van der Waals surface area contributed by atoms with Crippen molar-refractivity contribution in [1.82, 2.24) is 4.98 Å². The van der Waals surface area contributed by atoms with Gasteiger partial charge in [0.2, 0.25) is 0 Å². The summed E-state index contributed by atoms with van der Waals surface area (Å²) in [6.07, 6.45) is 1.92. The zero-order valence-electron chi connectivity index (χ0n) is 25.7. The largest absolute Gasteiger partial charge is 0.0602 e. The normalized spacial score (nSPS) is 14.0. The molecule has 4 nitrogen and oxygen atoms in total. The molecule has 5 heteroatoms. The van der Waals surface area contributed by atoms with Gasteiger partial charge >= 0.3 is 242 Å². The Morgan fingerprint density at radius 3 is 1.79 bits per heavy atom. The van der Waals surface area contributed by atoms with Gasteiger partial charge in [-0.2, -0.15) is 0 Å². The summed E-state index contributed by atoms with van der Waals surface area (Å²) in [6.45, 7) is 0.724. The van der Waals surface area contributed by atoms with Crippen molar-refractivity contribution < 1.29 is 4.74 Å². The van der Waals surface area contributed by atoms with Crippen molar-refractivity contribution >= 4 is 53.6 Å². The van der Waals surface area contributed by atoms with Gasteiger partial charge in [0.15, 0.2) is 0 Å². The van der Waals surface area contributed by atoms with Gasteiger partial charge < -0.3 is 0 Å². The Morgan fingerprint density at radius 1 is 0.489 bits per heavy atom. The molecule has 6 aromatic carbocycles. The molecular formula is C42H31GeN3O. The minimum absolute atomic E-state index is 0.724. The first-order valence-electron chi connectivity index (χ1n) is 16.0. The minimum atomic E-state index is -3.30. The van der Waals surface area contributed by atoms with Gasteiger partial charge in [-0.05, 0) is 12.1 Å². The van der Waals surface area contributed by atoms with E-state index in [4.69, 9.17) is 9.72 Å². The Hall–Kier alpha value is -5.59. The van der Waals surface area contributed by atoms with E-state index >= 15 is 0 Å². The standard InChI is InChI=1S/C42H31GeN3O/c1-4-14-31(15-5-1)43(32-16-6-2-7-17-32)38-26-25-36(29-37(38)42-39(43)22-13-27-44-42)47-35-21-12-20-34(28-35)46-30-45(33-18-8-3-9-19-33)40-23-10-11-24-41(40)46/h1-29H,30H2. The van der Waals surface area contributed by atoms with Crippen LogP contribution in [0.15, 0.2) is 176 Å². The average Bonchev–Trinajstić information content (AvgIpc) is 3.67. The van der Waals surface area contributed by atoms with E-state index in [1.807, 2.05) is 12.3 Å². The van der Waals surface area contributed by atoms with Gasteiger partial charge in [0.05, 0.1) is 0 Å². The number of fused-ring (bicyclic) bond motifs is 4. The molecule has 3 heterocycles. The zero-order chi connectivity index (χ0) is 31.2. The molecule has 0 aliphatic carbocycles. The summed E-state index contributed by atoms with van der Waals surface area (Å²) in [4.78, 5) is 9.69. The molecule has 0 saturated carbocycles. The zero-order valence-corrected chi connectivity index (χ0v) is 27.8. The maximum Gasteiger partial charge on any atom is -0.0383 e. The Labute approximate surface area is 277 Å². The van der Waals surface area contributed by atoms with Gasteiger partial charge in [-0.15, -0.1) is 0 Å². The van der Waals surface area contributed by atoms with Gasteiger partial charge in [0.25, 0.3) is 0 Å². The number of para-hydroxylation sites is 3. The Bertz CT molecular complexity index is 2180. The molecule has 2 aliphatic rings. The predicted molar refractivity (Wildman–Crippen MR) is 195 cm³/mol. The van der Waals surface area contributed by atoms with Gasteiger partial charge in [-0.25, -0.2) is 0 Å². The quantitative estimate of drug-likeness (QED) is 0.172. The SMILES string of the molecule is c1ccc(N2CN(c3cccc(Oc4cc[c]5c(c4)-c4nccc[c]4[Ge]5([c]4ccccc4)[c]4ccccc4)c3)c3ccccc32)cc1. The maximum atomic E-state index is 6.65. The predicted octanol–water partition coefficient (Wildman–Crippen LogP) is 7.48. The molecule has 0 radical (unpaired) electrons. The van der Waals surface area contributed by atoms with Crippen LogP contribution in [-0.4, -0.2) is 24.9 Å². The van der Waals surface area contributed by atoms with Crippen molar-refractivity contribution in [3.05, 3.63) is 176 Å². The molecule has 2 aliphatic heterocycles. The first-order valence-corrected chi connectivity index (χ1v) is 20.2. The molecular weight excluding hydrogens is 635 g/mol. The number of rotatable bonds is 6. The van der Waals surface area contributed by atoms with Crippen molar-refractivity contribution in [3.8, 4) is 22.8 Å². The van der Waals surface area contributed by atoms with Crippen LogP contribution in [0.5, 0.6) is 11.5 Å². The second-order valence-corrected chi connectivity index (χ2v) is 19.8.